The predicted octanol–water partition coefficient (Wildman–Crippen LogP) is 5.23. The molecule has 3 saturated heterocycles. The van der Waals surface area contributed by atoms with Gasteiger partial charge in [-0.2, -0.15) is 0 Å². The van der Waals surface area contributed by atoms with Crippen LogP contribution in [0.25, 0.3) is 0 Å². The number of benzene rings is 1. The summed E-state index contributed by atoms with van der Waals surface area (Å²) in [5.41, 5.74) is 3.37. The summed E-state index contributed by atoms with van der Waals surface area (Å²) >= 11 is 0. The molecule has 33 heavy (non-hydrogen) atoms. The molecule has 4 heteroatoms. The summed E-state index contributed by atoms with van der Waals surface area (Å²) in [4.78, 5) is 10.5. The molecule has 3 aliphatic heterocycles. The van der Waals surface area contributed by atoms with E-state index in [1.807, 2.05) is 0 Å². The highest BCUT2D eigenvalue weighted by Gasteiger charge is 2.34. The van der Waals surface area contributed by atoms with Gasteiger partial charge in [0.15, 0.2) is 0 Å². The van der Waals surface area contributed by atoms with E-state index < -0.39 is 0 Å². The van der Waals surface area contributed by atoms with Gasteiger partial charge in [-0.1, -0.05) is 32.4 Å². The molecule has 1 aromatic rings. The zero-order valence-electron chi connectivity index (χ0n) is 22.3. The first-order valence-corrected chi connectivity index (χ1v) is 13.8. The van der Waals surface area contributed by atoms with Gasteiger partial charge in [-0.15, -0.1) is 0 Å². The number of likely N-dealkylation sites (N-methyl/N-ethyl adjacent to an activating group) is 1. The summed E-state index contributed by atoms with van der Waals surface area (Å²) in [6, 6.07) is 10.3. The Morgan fingerprint density at radius 2 is 1.33 bits per heavy atom. The highest BCUT2D eigenvalue weighted by molar-refractivity contribution is 5.49. The van der Waals surface area contributed by atoms with E-state index in [0.717, 1.165) is 32.2 Å². The third-order valence-corrected chi connectivity index (χ3v) is 9.11. The van der Waals surface area contributed by atoms with Crippen molar-refractivity contribution in [3.05, 3.63) is 29.8 Å². The molecule has 4 rings (SSSR count). The molecule has 3 aliphatic rings. The molecule has 4 nitrogen and oxygen atoms in total. The van der Waals surface area contributed by atoms with Crippen molar-refractivity contribution in [1.82, 2.24) is 14.7 Å². The van der Waals surface area contributed by atoms with Crippen molar-refractivity contribution < 1.29 is 0 Å². The minimum atomic E-state index is 0.212. The zero-order chi connectivity index (χ0) is 23.5. The van der Waals surface area contributed by atoms with E-state index in [2.05, 4.69) is 78.6 Å². The van der Waals surface area contributed by atoms with Crippen molar-refractivity contribution in [2.75, 3.05) is 64.3 Å². The maximum absolute atomic E-state index is 2.79. The lowest BCUT2D eigenvalue weighted by atomic mass is 9.77. The molecule has 0 amide bonds. The fourth-order valence-electron chi connectivity index (χ4n) is 6.23. The van der Waals surface area contributed by atoms with Gasteiger partial charge in [-0.05, 0) is 95.6 Å². The lowest BCUT2D eigenvalue weighted by Gasteiger charge is -2.47. The molecule has 0 radical (unpaired) electrons. The summed E-state index contributed by atoms with van der Waals surface area (Å²) in [5, 5.41) is 0. The molecule has 0 aliphatic carbocycles. The van der Waals surface area contributed by atoms with Gasteiger partial charge in [0.25, 0.3) is 0 Å². The molecule has 0 saturated carbocycles. The third-order valence-electron chi connectivity index (χ3n) is 9.11. The van der Waals surface area contributed by atoms with Crippen LogP contribution in [0.4, 0.5) is 5.69 Å². The number of piperazine rings is 1. The number of nitrogens with zero attached hydrogens (tertiary/aromatic N) is 4. The zero-order valence-corrected chi connectivity index (χ0v) is 22.3. The number of anilines is 1. The molecule has 186 valence electrons. The van der Waals surface area contributed by atoms with E-state index in [4.69, 9.17) is 0 Å². The van der Waals surface area contributed by atoms with Crippen LogP contribution >= 0.6 is 0 Å². The number of piperidine rings is 2. The molecule has 0 N–H and O–H groups in total. The topological polar surface area (TPSA) is 13.0 Å². The van der Waals surface area contributed by atoms with Crippen molar-refractivity contribution in [3.8, 4) is 0 Å². The van der Waals surface area contributed by atoms with E-state index in [1.54, 1.807) is 0 Å². The average Bonchev–Trinajstić information content (AvgIpc) is 2.84. The molecular formula is C29H50N4. The summed E-state index contributed by atoms with van der Waals surface area (Å²) in [7, 11) is 2.22. The van der Waals surface area contributed by atoms with Crippen molar-refractivity contribution in [2.24, 2.45) is 0 Å². The second kappa shape index (κ2) is 10.7. The van der Waals surface area contributed by atoms with Crippen LogP contribution < -0.4 is 4.90 Å². The Morgan fingerprint density at radius 1 is 0.727 bits per heavy atom. The molecular weight excluding hydrogens is 404 g/mol. The van der Waals surface area contributed by atoms with Crippen LogP contribution in [0.1, 0.15) is 78.2 Å². The van der Waals surface area contributed by atoms with Crippen LogP contribution in [0, 0.1) is 0 Å². The van der Waals surface area contributed by atoms with Crippen LogP contribution in [0.2, 0.25) is 0 Å². The van der Waals surface area contributed by atoms with Gasteiger partial charge in [-0.25, -0.2) is 0 Å². The number of hydrogen-bond acceptors (Lipinski definition) is 4. The highest BCUT2D eigenvalue weighted by Crippen LogP contribution is 2.35. The van der Waals surface area contributed by atoms with Crippen LogP contribution in [0.3, 0.4) is 0 Å². The first-order chi connectivity index (χ1) is 15.7. The summed E-state index contributed by atoms with van der Waals surface area (Å²) in [6.45, 7) is 19.7. The monoisotopic (exact) mass is 454 g/mol. The Labute approximate surface area is 204 Å². The van der Waals surface area contributed by atoms with Crippen LogP contribution in [0.15, 0.2) is 24.3 Å². The second-order valence-corrected chi connectivity index (χ2v) is 12.3. The normalized spacial score (nSPS) is 23.2. The van der Waals surface area contributed by atoms with Crippen LogP contribution in [-0.4, -0.2) is 85.7 Å². The van der Waals surface area contributed by atoms with Gasteiger partial charge in [0.2, 0.25) is 0 Å². The molecule has 3 heterocycles. The van der Waals surface area contributed by atoms with Gasteiger partial charge < -0.3 is 14.7 Å². The van der Waals surface area contributed by atoms with E-state index in [1.165, 1.54) is 82.4 Å². The fraction of sp³-hybridized carbons (Fsp3) is 0.793. The van der Waals surface area contributed by atoms with Crippen LogP contribution in [0.5, 0.6) is 0 Å². The summed E-state index contributed by atoms with van der Waals surface area (Å²) < 4.78 is 0. The van der Waals surface area contributed by atoms with Crippen LogP contribution in [-0.2, 0) is 5.41 Å². The molecule has 0 unspecified atom stereocenters. The molecule has 0 atom stereocenters. The number of hydrogen-bond donors (Lipinski definition) is 0. The SMILES string of the molecule is CN1CCN(c2ccc(C(C)(C)CCC(C)(C)N3CCC(N4CCCCC4)CC3)cc2)CC1. The smallest absolute Gasteiger partial charge is 0.0367 e. The van der Waals surface area contributed by atoms with Gasteiger partial charge in [0, 0.05) is 56.5 Å². The molecule has 1 aromatic carbocycles. The standard InChI is InChI=1S/C29H50N4/c1-28(2,25-9-11-26(12-10-25)32-23-21-30(5)22-24-32)15-16-29(3,4)33-19-13-27(14-20-33)31-17-7-6-8-18-31/h9-12,27H,6-8,13-24H2,1-5H3. The molecule has 3 fully saturated rings. The Balaban J connectivity index is 1.28. The average molecular weight is 455 g/mol. The summed E-state index contributed by atoms with van der Waals surface area (Å²) in [6.07, 6.45) is 9.49. The quantitative estimate of drug-likeness (QED) is 0.559. The maximum Gasteiger partial charge on any atom is 0.0367 e. The minimum absolute atomic E-state index is 0.212. The van der Waals surface area contributed by atoms with E-state index in [9.17, 15) is 0 Å². The Hall–Kier alpha value is -1.10. The fourth-order valence-corrected chi connectivity index (χ4v) is 6.23. The highest BCUT2D eigenvalue weighted by atomic mass is 15.2. The van der Waals surface area contributed by atoms with Gasteiger partial charge in [-0.3, -0.25) is 4.90 Å². The van der Waals surface area contributed by atoms with Crippen molar-refractivity contribution in [1.29, 1.82) is 0 Å². The minimum Gasteiger partial charge on any atom is -0.369 e. The molecule has 0 bridgehead atoms. The van der Waals surface area contributed by atoms with E-state index in [-0.39, 0.29) is 11.0 Å². The van der Waals surface area contributed by atoms with Gasteiger partial charge in [0.05, 0.1) is 0 Å². The first kappa shape index (κ1) is 25.0. The van der Waals surface area contributed by atoms with Gasteiger partial charge in [0.1, 0.15) is 0 Å². The summed E-state index contributed by atoms with van der Waals surface area (Å²) in [5.74, 6) is 0. The largest absolute Gasteiger partial charge is 0.369 e. The van der Waals surface area contributed by atoms with Gasteiger partial charge >= 0.3 is 0 Å². The number of rotatable bonds is 7. The predicted molar refractivity (Wildman–Crippen MR) is 143 cm³/mol. The lowest BCUT2D eigenvalue weighted by Crippen LogP contribution is -2.53. The van der Waals surface area contributed by atoms with E-state index >= 15 is 0 Å². The number of likely N-dealkylation sites (tertiary alicyclic amines) is 2. The third kappa shape index (κ3) is 6.32. The lowest BCUT2D eigenvalue weighted by molar-refractivity contribution is 0.0342. The van der Waals surface area contributed by atoms with Crippen molar-refractivity contribution in [3.63, 3.8) is 0 Å². The molecule has 0 aromatic heterocycles. The first-order valence-electron chi connectivity index (χ1n) is 13.8. The molecule has 0 spiro atoms. The van der Waals surface area contributed by atoms with Crippen molar-refractivity contribution >= 4 is 5.69 Å². The maximum atomic E-state index is 2.79. The Kier molecular flexibility index (Phi) is 8.08. The van der Waals surface area contributed by atoms with Crippen molar-refractivity contribution in [2.45, 2.75) is 89.6 Å². The Bertz CT molecular complexity index is 718. The van der Waals surface area contributed by atoms with E-state index in [0.29, 0.717) is 0 Å². The second-order valence-electron chi connectivity index (χ2n) is 12.3. The Morgan fingerprint density at radius 3 is 1.94 bits per heavy atom.